The lowest BCUT2D eigenvalue weighted by Crippen LogP contribution is -2.51. The van der Waals surface area contributed by atoms with Crippen molar-refractivity contribution in [2.45, 2.75) is 26.9 Å². The fourth-order valence-corrected chi connectivity index (χ4v) is 2.95. The minimum atomic E-state index is -0.719. The van der Waals surface area contributed by atoms with Gasteiger partial charge in [-0.25, -0.2) is 4.79 Å². The minimum absolute atomic E-state index is 0.196. The predicted molar refractivity (Wildman–Crippen MR) is 104 cm³/mol. The van der Waals surface area contributed by atoms with Crippen LogP contribution in [0.5, 0.6) is 0 Å². The summed E-state index contributed by atoms with van der Waals surface area (Å²) in [4.78, 5) is 30.9. The van der Waals surface area contributed by atoms with E-state index in [-0.39, 0.29) is 18.5 Å². The van der Waals surface area contributed by atoms with E-state index in [4.69, 9.17) is 4.74 Å². The number of carbonyl (C=O) groups is 2. The topological polar surface area (TPSA) is 83.6 Å². The van der Waals surface area contributed by atoms with Crippen molar-refractivity contribution in [1.29, 1.82) is 0 Å². The molecule has 1 saturated heterocycles. The largest absolute Gasteiger partial charge is 0.365 e. The first-order chi connectivity index (χ1) is 12.9. The highest BCUT2D eigenvalue weighted by molar-refractivity contribution is 5.95. The molecule has 2 heterocycles. The van der Waals surface area contributed by atoms with Gasteiger partial charge < -0.3 is 20.3 Å². The van der Waals surface area contributed by atoms with E-state index in [9.17, 15) is 9.59 Å². The van der Waals surface area contributed by atoms with Crippen LogP contribution in [0.1, 0.15) is 16.8 Å². The number of hydrogen-bond acceptors (Lipinski definition) is 4. The third-order valence-corrected chi connectivity index (χ3v) is 4.54. The van der Waals surface area contributed by atoms with E-state index < -0.39 is 6.10 Å². The second-order valence-electron chi connectivity index (χ2n) is 6.68. The normalized spacial score (nSPS) is 16.7. The zero-order valence-electron chi connectivity index (χ0n) is 15.8. The van der Waals surface area contributed by atoms with Crippen LogP contribution in [0.2, 0.25) is 0 Å². The molecule has 1 atom stereocenters. The Morgan fingerprint density at radius 3 is 2.52 bits per heavy atom. The number of nitrogens with zero attached hydrogens (tertiary/aromatic N) is 2. The van der Waals surface area contributed by atoms with Crippen molar-refractivity contribution in [3.05, 3.63) is 53.3 Å². The van der Waals surface area contributed by atoms with Gasteiger partial charge in [-0.15, -0.1) is 0 Å². The maximum Gasteiger partial charge on any atom is 0.322 e. The van der Waals surface area contributed by atoms with Crippen molar-refractivity contribution in [3.63, 3.8) is 0 Å². The first-order valence-corrected chi connectivity index (χ1v) is 8.91. The number of pyridine rings is 1. The number of benzene rings is 1. The van der Waals surface area contributed by atoms with Gasteiger partial charge in [-0.3, -0.25) is 9.78 Å². The monoisotopic (exact) mass is 368 g/mol. The van der Waals surface area contributed by atoms with Gasteiger partial charge in [0, 0.05) is 17.9 Å². The lowest BCUT2D eigenvalue weighted by Gasteiger charge is -2.32. The van der Waals surface area contributed by atoms with Crippen LogP contribution in [0.3, 0.4) is 0 Å². The summed E-state index contributed by atoms with van der Waals surface area (Å²) in [6, 6.07) is 9.23. The van der Waals surface area contributed by atoms with E-state index in [1.807, 2.05) is 45.0 Å². The number of urea groups is 1. The Balaban J connectivity index is 1.62. The molecule has 3 amide bonds. The lowest BCUT2D eigenvalue weighted by atomic mass is 10.1. The molecular formula is C20H24N4O3. The van der Waals surface area contributed by atoms with E-state index in [0.29, 0.717) is 18.8 Å². The molecule has 1 aromatic heterocycles. The summed E-state index contributed by atoms with van der Waals surface area (Å²) in [5, 5.41) is 5.73. The molecule has 0 saturated carbocycles. The van der Waals surface area contributed by atoms with Gasteiger partial charge in [-0.05, 0) is 44.0 Å². The quantitative estimate of drug-likeness (QED) is 0.873. The molecule has 3 rings (SSSR count). The number of morpholine rings is 1. The highest BCUT2D eigenvalue weighted by atomic mass is 16.5. The molecule has 1 unspecified atom stereocenters. The van der Waals surface area contributed by atoms with Gasteiger partial charge in [0.25, 0.3) is 5.91 Å². The van der Waals surface area contributed by atoms with Crippen molar-refractivity contribution in [3.8, 4) is 0 Å². The maximum absolute atomic E-state index is 12.7. The summed E-state index contributed by atoms with van der Waals surface area (Å²) in [6.07, 6.45) is 0.880. The van der Waals surface area contributed by atoms with Gasteiger partial charge in [0.1, 0.15) is 0 Å². The van der Waals surface area contributed by atoms with Crippen LogP contribution in [-0.2, 0) is 9.53 Å². The van der Waals surface area contributed by atoms with Crippen LogP contribution >= 0.6 is 0 Å². The number of carbonyl (C=O) groups excluding carboxylic acids is 2. The molecule has 0 bridgehead atoms. The summed E-state index contributed by atoms with van der Waals surface area (Å²) < 4.78 is 5.56. The Morgan fingerprint density at radius 1 is 1.11 bits per heavy atom. The number of anilines is 2. The Kier molecular flexibility index (Phi) is 5.71. The van der Waals surface area contributed by atoms with Gasteiger partial charge in [-0.1, -0.05) is 18.2 Å². The smallest absolute Gasteiger partial charge is 0.322 e. The van der Waals surface area contributed by atoms with E-state index in [2.05, 4.69) is 15.6 Å². The molecule has 1 aliphatic heterocycles. The van der Waals surface area contributed by atoms with Crippen molar-refractivity contribution in [2.24, 2.45) is 0 Å². The van der Waals surface area contributed by atoms with Gasteiger partial charge in [0.05, 0.1) is 25.0 Å². The number of aryl methyl sites for hydroxylation is 3. The standard InChI is InChI=1S/C20H24N4O3/c1-13-5-4-6-14(2)18(13)23-20(26)24-9-10-27-17(12-24)19(25)22-16-8-7-15(3)21-11-16/h4-8,11,17H,9-10,12H2,1-3H3,(H,22,25)(H,23,26). The van der Waals surface area contributed by atoms with Crippen LogP contribution in [-0.4, -0.2) is 47.6 Å². The third kappa shape index (κ3) is 4.62. The summed E-state index contributed by atoms with van der Waals surface area (Å²) in [6.45, 7) is 6.73. The molecule has 27 heavy (non-hydrogen) atoms. The molecule has 0 aliphatic carbocycles. The molecule has 1 aliphatic rings. The molecule has 0 spiro atoms. The number of amides is 3. The van der Waals surface area contributed by atoms with Crippen molar-refractivity contribution in [1.82, 2.24) is 9.88 Å². The summed E-state index contributed by atoms with van der Waals surface area (Å²) in [5.41, 5.74) is 4.28. The zero-order chi connectivity index (χ0) is 19.4. The second-order valence-corrected chi connectivity index (χ2v) is 6.68. The highest BCUT2D eigenvalue weighted by Crippen LogP contribution is 2.20. The number of ether oxygens (including phenoxy) is 1. The molecule has 7 heteroatoms. The van der Waals surface area contributed by atoms with Crippen LogP contribution in [0.4, 0.5) is 16.2 Å². The molecule has 2 N–H and O–H groups in total. The molecule has 1 fully saturated rings. The molecule has 142 valence electrons. The van der Waals surface area contributed by atoms with Gasteiger partial charge in [-0.2, -0.15) is 0 Å². The lowest BCUT2D eigenvalue weighted by molar-refractivity contribution is -0.131. The maximum atomic E-state index is 12.7. The number of aromatic nitrogens is 1. The fourth-order valence-electron chi connectivity index (χ4n) is 2.95. The second kappa shape index (κ2) is 8.18. The number of rotatable bonds is 3. The Morgan fingerprint density at radius 2 is 1.85 bits per heavy atom. The number of nitrogens with one attached hydrogen (secondary N) is 2. The fraction of sp³-hybridized carbons (Fsp3) is 0.350. The van der Waals surface area contributed by atoms with Crippen molar-refractivity contribution >= 4 is 23.3 Å². The van der Waals surface area contributed by atoms with Gasteiger partial charge >= 0.3 is 6.03 Å². The average Bonchev–Trinajstić information content (AvgIpc) is 2.66. The molecular weight excluding hydrogens is 344 g/mol. The predicted octanol–water partition coefficient (Wildman–Crippen LogP) is 2.88. The van der Waals surface area contributed by atoms with E-state index >= 15 is 0 Å². The zero-order valence-corrected chi connectivity index (χ0v) is 15.8. The first kappa shape index (κ1) is 18.8. The van der Waals surface area contributed by atoms with Gasteiger partial charge in [0.15, 0.2) is 6.10 Å². The molecule has 7 nitrogen and oxygen atoms in total. The molecule has 2 aromatic rings. The Bertz CT molecular complexity index is 815. The Hall–Kier alpha value is -2.93. The molecule has 0 radical (unpaired) electrons. The minimum Gasteiger partial charge on any atom is -0.365 e. The molecule has 1 aromatic carbocycles. The Labute approximate surface area is 158 Å². The van der Waals surface area contributed by atoms with Crippen LogP contribution in [0.15, 0.2) is 36.5 Å². The van der Waals surface area contributed by atoms with Crippen molar-refractivity contribution in [2.75, 3.05) is 30.3 Å². The summed E-state index contributed by atoms with van der Waals surface area (Å²) in [7, 11) is 0. The first-order valence-electron chi connectivity index (χ1n) is 8.91. The van der Waals surface area contributed by atoms with Crippen molar-refractivity contribution < 1.29 is 14.3 Å². The third-order valence-electron chi connectivity index (χ3n) is 4.54. The number of para-hydroxylation sites is 1. The van der Waals surface area contributed by atoms with Crippen LogP contribution in [0, 0.1) is 20.8 Å². The van der Waals surface area contributed by atoms with E-state index in [1.165, 1.54) is 0 Å². The highest BCUT2D eigenvalue weighted by Gasteiger charge is 2.29. The van der Waals surface area contributed by atoms with E-state index in [1.54, 1.807) is 17.2 Å². The summed E-state index contributed by atoms with van der Waals surface area (Å²) in [5.74, 6) is -0.287. The van der Waals surface area contributed by atoms with Crippen LogP contribution < -0.4 is 10.6 Å². The van der Waals surface area contributed by atoms with Crippen LogP contribution in [0.25, 0.3) is 0 Å². The van der Waals surface area contributed by atoms with E-state index in [0.717, 1.165) is 22.5 Å². The number of hydrogen-bond donors (Lipinski definition) is 2. The SMILES string of the molecule is Cc1ccc(NC(=O)C2CN(C(=O)Nc3c(C)cccc3C)CCO2)cn1. The average molecular weight is 368 g/mol. The van der Waals surface area contributed by atoms with Gasteiger partial charge in [0.2, 0.25) is 0 Å². The summed E-state index contributed by atoms with van der Waals surface area (Å²) >= 11 is 0.